The second-order valence-electron chi connectivity index (χ2n) is 6.85. The van der Waals surface area contributed by atoms with E-state index in [1.807, 2.05) is 0 Å². The number of hydrogen-bond donors (Lipinski definition) is 1. The summed E-state index contributed by atoms with van der Waals surface area (Å²) >= 11 is 0. The first-order valence-corrected chi connectivity index (χ1v) is 8.09. The highest BCUT2D eigenvalue weighted by Gasteiger charge is 2.29. The average Bonchev–Trinajstić information content (AvgIpc) is 2.40. The van der Waals surface area contributed by atoms with Gasteiger partial charge in [-0.15, -0.1) is 0 Å². The van der Waals surface area contributed by atoms with Crippen LogP contribution in [-0.4, -0.2) is 37.6 Å². The van der Waals surface area contributed by atoms with Gasteiger partial charge in [-0.05, 0) is 83.0 Å². The second kappa shape index (κ2) is 6.91. The number of piperidine rings is 1. The first-order chi connectivity index (χ1) is 8.70. The predicted octanol–water partition coefficient (Wildman–Crippen LogP) is 3.13. The molecule has 106 valence electrons. The van der Waals surface area contributed by atoms with Gasteiger partial charge in [0.2, 0.25) is 0 Å². The number of likely N-dealkylation sites (tertiary alicyclic amines) is 1. The molecule has 0 spiro atoms. The zero-order valence-corrected chi connectivity index (χ0v) is 12.6. The van der Waals surface area contributed by atoms with Crippen molar-refractivity contribution >= 4 is 0 Å². The summed E-state index contributed by atoms with van der Waals surface area (Å²) in [4.78, 5) is 2.79. The topological polar surface area (TPSA) is 15.3 Å². The van der Waals surface area contributed by atoms with E-state index in [0.29, 0.717) is 0 Å². The summed E-state index contributed by atoms with van der Waals surface area (Å²) in [5.41, 5.74) is 0. The fraction of sp³-hybridized carbons (Fsp3) is 1.00. The highest BCUT2D eigenvalue weighted by atomic mass is 15.2. The van der Waals surface area contributed by atoms with Crippen LogP contribution >= 0.6 is 0 Å². The molecule has 0 atom stereocenters. The molecule has 2 fully saturated rings. The Labute approximate surface area is 114 Å². The van der Waals surface area contributed by atoms with Crippen molar-refractivity contribution < 1.29 is 0 Å². The smallest absolute Gasteiger partial charge is 0.00954 e. The van der Waals surface area contributed by atoms with Crippen LogP contribution in [0.5, 0.6) is 0 Å². The molecule has 0 amide bonds. The molecule has 1 heterocycles. The minimum absolute atomic E-state index is 0.896. The summed E-state index contributed by atoms with van der Waals surface area (Å²) < 4.78 is 0. The normalized spacial score (nSPS) is 32.0. The molecular weight excluding hydrogens is 220 g/mol. The van der Waals surface area contributed by atoms with Gasteiger partial charge in [0.25, 0.3) is 0 Å². The molecule has 0 aromatic heterocycles. The molecular formula is C16H32N2. The third kappa shape index (κ3) is 3.71. The standard InChI is InChI=1S/C16H32N2/c1-13(2)15-4-6-16(7-5-15)18-10-8-14(9-11-18)12-17-3/h13-17H,4-12H2,1-3H3. The van der Waals surface area contributed by atoms with Crippen molar-refractivity contribution in [2.75, 3.05) is 26.7 Å². The average molecular weight is 252 g/mol. The van der Waals surface area contributed by atoms with Crippen LogP contribution in [0.25, 0.3) is 0 Å². The van der Waals surface area contributed by atoms with Crippen molar-refractivity contribution in [2.24, 2.45) is 17.8 Å². The van der Waals surface area contributed by atoms with E-state index >= 15 is 0 Å². The van der Waals surface area contributed by atoms with Gasteiger partial charge < -0.3 is 10.2 Å². The van der Waals surface area contributed by atoms with Gasteiger partial charge in [-0.25, -0.2) is 0 Å². The predicted molar refractivity (Wildman–Crippen MR) is 78.8 cm³/mol. The molecule has 2 aliphatic rings. The van der Waals surface area contributed by atoms with Crippen LogP contribution in [0.3, 0.4) is 0 Å². The van der Waals surface area contributed by atoms with Crippen LogP contribution in [0.1, 0.15) is 52.4 Å². The highest BCUT2D eigenvalue weighted by Crippen LogP contribution is 2.33. The lowest BCUT2D eigenvalue weighted by atomic mass is 9.78. The Kier molecular flexibility index (Phi) is 5.50. The summed E-state index contributed by atoms with van der Waals surface area (Å²) in [5, 5.41) is 3.33. The molecule has 0 bridgehead atoms. The van der Waals surface area contributed by atoms with E-state index in [9.17, 15) is 0 Å². The molecule has 1 saturated heterocycles. The van der Waals surface area contributed by atoms with Gasteiger partial charge in [-0.3, -0.25) is 0 Å². The molecule has 18 heavy (non-hydrogen) atoms. The molecule has 0 radical (unpaired) electrons. The SMILES string of the molecule is CNCC1CCN(C2CCC(C(C)C)CC2)CC1. The highest BCUT2D eigenvalue weighted by molar-refractivity contribution is 4.84. The number of nitrogens with one attached hydrogen (secondary N) is 1. The third-order valence-electron chi connectivity index (χ3n) is 5.34. The Morgan fingerprint density at radius 3 is 2.11 bits per heavy atom. The number of nitrogens with zero attached hydrogens (tertiary/aromatic N) is 1. The second-order valence-corrected chi connectivity index (χ2v) is 6.85. The van der Waals surface area contributed by atoms with E-state index in [2.05, 4.69) is 31.1 Å². The van der Waals surface area contributed by atoms with E-state index < -0.39 is 0 Å². The van der Waals surface area contributed by atoms with Crippen LogP contribution in [0.2, 0.25) is 0 Å². The first-order valence-electron chi connectivity index (χ1n) is 8.09. The van der Waals surface area contributed by atoms with Gasteiger partial charge in [0, 0.05) is 6.04 Å². The van der Waals surface area contributed by atoms with Crippen molar-refractivity contribution in [3.8, 4) is 0 Å². The first kappa shape index (κ1) is 14.3. The summed E-state index contributed by atoms with van der Waals surface area (Å²) in [5.74, 6) is 2.83. The van der Waals surface area contributed by atoms with Gasteiger partial charge in [0.15, 0.2) is 0 Å². The van der Waals surface area contributed by atoms with Gasteiger partial charge in [0.05, 0.1) is 0 Å². The van der Waals surface area contributed by atoms with Gasteiger partial charge in [-0.2, -0.15) is 0 Å². The van der Waals surface area contributed by atoms with Crippen LogP contribution in [0.15, 0.2) is 0 Å². The molecule has 2 heteroatoms. The van der Waals surface area contributed by atoms with Crippen LogP contribution in [-0.2, 0) is 0 Å². The zero-order chi connectivity index (χ0) is 13.0. The van der Waals surface area contributed by atoms with E-state index in [4.69, 9.17) is 0 Å². The molecule has 2 nitrogen and oxygen atoms in total. The van der Waals surface area contributed by atoms with E-state index in [1.165, 1.54) is 58.2 Å². The summed E-state index contributed by atoms with van der Waals surface area (Å²) in [6.07, 6.45) is 8.67. The molecule has 1 saturated carbocycles. The van der Waals surface area contributed by atoms with Crippen LogP contribution in [0, 0.1) is 17.8 Å². The van der Waals surface area contributed by atoms with E-state index in [0.717, 1.165) is 23.8 Å². The van der Waals surface area contributed by atoms with Gasteiger partial charge >= 0.3 is 0 Å². The minimum Gasteiger partial charge on any atom is -0.319 e. The zero-order valence-electron chi connectivity index (χ0n) is 12.6. The lowest BCUT2D eigenvalue weighted by Crippen LogP contribution is -2.44. The lowest BCUT2D eigenvalue weighted by Gasteiger charge is -2.41. The van der Waals surface area contributed by atoms with E-state index in [-0.39, 0.29) is 0 Å². The Morgan fingerprint density at radius 1 is 1.00 bits per heavy atom. The molecule has 1 aliphatic carbocycles. The maximum atomic E-state index is 3.33. The Hall–Kier alpha value is -0.0800. The van der Waals surface area contributed by atoms with Crippen LogP contribution in [0.4, 0.5) is 0 Å². The Morgan fingerprint density at radius 2 is 1.61 bits per heavy atom. The fourth-order valence-corrected chi connectivity index (χ4v) is 3.94. The molecule has 1 N–H and O–H groups in total. The summed E-state index contributed by atoms with van der Waals surface area (Å²) in [7, 11) is 2.08. The quantitative estimate of drug-likeness (QED) is 0.827. The molecule has 0 aromatic carbocycles. The summed E-state index contributed by atoms with van der Waals surface area (Å²) in [6.45, 7) is 8.71. The third-order valence-corrected chi connectivity index (χ3v) is 5.34. The lowest BCUT2D eigenvalue weighted by molar-refractivity contribution is 0.0870. The molecule has 1 aliphatic heterocycles. The molecule has 0 aromatic rings. The largest absolute Gasteiger partial charge is 0.319 e. The van der Waals surface area contributed by atoms with E-state index in [1.54, 1.807) is 0 Å². The monoisotopic (exact) mass is 252 g/mol. The fourth-order valence-electron chi connectivity index (χ4n) is 3.94. The number of hydrogen-bond acceptors (Lipinski definition) is 2. The van der Waals surface area contributed by atoms with Crippen molar-refractivity contribution in [1.82, 2.24) is 10.2 Å². The summed E-state index contributed by atoms with van der Waals surface area (Å²) in [6, 6.07) is 0.913. The van der Waals surface area contributed by atoms with Gasteiger partial charge in [-0.1, -0.05) is 13.8 Å². The van der Waals surface area contributed by atoms with Crippen molar-refractivity contribution in [3.63, 3.8) is 0 Å². The van der Waals surface area contributed by atoms with Crippen molar-refractivity contribution in [3.05, 3.63) is 0 Å². The molecule has 2 rings (SSSR count). The van der Waals surface area contributed by atoms with Crippen molar-refractivity contribution in [1.29, 1.82) is 0 Å². The van der Waals surface area contributed by atoms with Crippen LogP contribution < -0.4 is 5.32 Å². The molecule has 0 unspecified atom stereocenters. The van der Waals surface area contributed by atoms with Crippen molar-refractivity contribution in [2.45, 2.75) is 58.4 Å². The Balaban J connectivity index is 1.71. The van der Waals surface area contributed by atoms with Gasteiger partial charge in [0.1, 0.15) is 0 Å². The maximum absolute atomic E-state index is 3.33. The number of rotatable bonds is 4. The minimum atomic E-state index is 0.896. The maximum Gasteiger partial charge on any atom is 0.00954 e. The Bertz CT molecular complexity index is 223.